The van der Waals surface area contributed by atoms with Crippen LogP contribution < -0.4 is 10.6 Å². The molecule has 0 saturated heterocycles. The van der Waals surface area contributed by atoms with Crippen LogP contribution in [0.3, 0.4) is 0 Å². The highest BCUT2D eigenvalue weighted by molar-refractivity contribution is 5.44. The highest BCUT2D eigenvalue weighted by Crippen LogP contribution is 2.29. The van der Waals surface area contributed by atoms with Gasteiger partial charge in [-0.15, -0.1) is 0 Å². The van der Waals surface area contributed by atoms with Crippen LogP contribution in [0.5, 0.6) is 0 Å². The van der Waals surface area contributed by atoms with Crippen LogP contribution >= 0.6 is 0 Å². The molecule has 0 aromatic carbocycles. The average molecular weight is 249 g/mol. The Balaban J connectivity index is 1.92. The monoisotopic (exact) mass is 249 g/mol. The van der Waals surface area contributed by atoms with Crippen LogP contribution in [-0.4, -0.2) is 29.8 Å². The van der Waals surface area contributed by atoms with Gasteiger partial charge in [-0.25, -0.2) is 0 Å². The van der Waals surface area contributed by atoms with Crippen LogP contribution in [0.4, 0.5) is 5.69 Å². The molecule has 0 amide bonds. The van der Waals surface area contributed by atoms with Gasteiger partial charge in [-0.3, -0.25) is 4.98 Å². The van der Waals surface area contributed by atoms with Crippen molar-refractivity contribution in [2.24, 2.45) is 11.7 Å². The number of aliphatic hydroxyl groups excluding tert-OH is 1. The first kappa shape index (κ1) is 13.3. The molecule has 1 atom stereocenters. The normalized spacial score (nSPS) is 24.4. The second-order valence-corrected chi connectivity index (χ2v) is 5.33. The molecular weight excluding hydrogens is 226 g/mol. The van der Waals surface area contributed by atoms with E-state index in [2.05, 4.69) is 29.9 Å². The van der Waals surface area contributed by atoms with Crippen molar-refractivity contribution in [3.05, 3.63) is 24.0 Å². The molecule has 18 heavy (non-hydrogen) atoms. The van der Waals surface area contributed by atoms with Crippen LogP contribution in [0.2, 0.25) is 0 Å². The SMILES string of the molecule is CC[C@@H](N)c1ccc(N(C)CC2CC(O)C2)cn1. The number of nitrogens with two attached hydrogens (primary N) is 1. The van der Waals surface area contributed by atoms with Crippen LogP contribution in [0, 0.1) is 5.92 Å². The van der Waals surface area contributed by atoms with Crippen molar-refractivity contribution in [2.45, 2.75) is 38.3 Å². The van der Waals surface area contributed by atoms with E-state index in [4.69, 9.17) is 5.73 Å². The van der Waals surface area contributed by atoms with Crippen LogP contribution in [0.25, 0.3) is 0 Å². The van der Waals surface area contributed by atoms with Crippen molar-refractivity contribution in [3.8, 4) is 0 Å². The first-order chi connectivity index (χ1) is 8.60. The fraction of sp³-hybridized carbons (Fsp3) is 0.643. The number of aromatic nitrogens is 1. The minimum absolute atomic E-state index is 0.0335. The number of anilines is 1. The molecule has 0 bridgehead atoms. The second kappa shape index (κ2) is 5.67. The van der Waals surface area contributed by atoms with Gasteiger partial charge >= 0.3 is 0 Å². The van der Waals surface area contributed by atoms with Gasteiger partial charge in [0.15, 0.2) is 0 Å². The zero-order valence-electron chi connectivity index (χ0n) is 11.2. The van der Waals surface area contributed by atoms with Crippen molar-refractivity contribution in [1.82, 2.24) is 4.98 Å². The zero-order valence-corrected chi connectivity index (χ0v) is 11.2. The number of pyridine rings is 1. The highest BCUT2D eigenvalue weighted by Gasteiger charge is 2.28. The van der Waals surface area contributed by atoms with Crippen molar-refractivity contribution >= 4 is 5.69 Å². The van der Waals surface area contributed by atoms with Gasteiger partial charge in [-0.1, -0.05) is 6.92 Å². The van der Waals surface area contributed by atoms with Gasteiger partial charge in [0.05, 0.1) is 23.7 Å². The summed E-state index contributed by atoms with van der Waals surface area (Å²) in [6.45, 7) is 3.05. The molecule has 0 spiro atoms. The molecule has 100 valence electrons. The van der Waals surface area contributed by atoms with Gasteiger partial charge < -0.3 is 15.7 Å². The Kier molecular flexibility index (Phi) is 4.19. The average Bonchev–Trinajstić information content (AvgIpc) is 2.36. The van der Waals surface area contributed by atoms with E-state index in [0.717, 1.165) is 37.2 Å². The molecule has 2 rings (SSSR count). The molecule has 0 unspecified atom stereocenters. The first-order valence-corrected chi connectivity index (χ1v) is 6.71. The fourth-order valence-electron chi connectivity index (χ4n) is 2.39. The summed E-state index contributed by atoms with van der Waals surface area (Å²) in [6, 6.07) is 4.12. The molecule has 3 N–H and O–H groups in total. The molecule has 0 radical (unpaired) electrons. The minimum atomic E-state index is -0.0774. The number of hydrogen-bond acceptors (Lipinski definition) is 4. The van der Waals surface area contributed by atoms with Gasteiger partial charge in [0.25, 0.3) is 0 Å². The standard InChI is InChI=1S/C14H23N3O/c1-3-13(15)14-5-4-11(8-16-14)17(2)9-10-6-12(18)7-10/h4-5,8,10,12-13,18H,3,6-7,9,15H2,1-2H3/t10?,12?,13-/m1/s1. The summed E-state index contributed by atoms with van der Waals surface area (Å²) in [4.78, 5) is 6.62. The van der Waals surface area contributed by atoms with Gasteiger partial charge in [0.2, 0.25) is 0 Å². The van der Waals surface area contributed by atoms with Gasteiger partial charge in [0, 0.05) is 19.6 Å². The van der Waals surface area contributed by atoms with Gasteiger partial charge in [0.1, 0.15) is 0 Å². The van der Waals surface area contributed by atoms with E-state index in [1.165, 1.54) is 0 Å². The molecule has 1 aliphatic rings. The molecule has 1 saturated carbocycles. The van der Waals surface area contributed by atoms with E-state index in [0.29, 0.717) is 5.92 Å². The fourth-order valence-corrected chi connectivity index (χ4v) is 2.39. The Morgan fingerprint density at radius 2 is 2.22 bits per heavy atom. The third kappa shape index (κ3) is 3.00. The number of aliphatic hydroxyl groups is 1. The largest absolute Gasteiger partial charge is 0.393 e. The zero-order chi connectivity index (χ0) is 13.1. The van der Waals surface area contributed by atoms with Crippen molar-refractivity contribution in [3.63, 3.8) is 0 Å². The Morgan fingerprint density at radius 3 is 2.72 bits per heavy atom. The van der Waals surface area contributed by atoms with Crippen LogP contribution in [0.15, 0.2) is 18.3 Å². The summed E-state index contributed by atoms with van der Waals surface area (Å²) in [7, 11) is 2.07. The predicted octanol–water partition coefficient (Wildman–Crippen LogP) is 1.70. The van der Waals surface area contributed by atoms with Gasteiger partial charge in [-0.2, -0.15) is 0 Å². The Morgan fingerprint density at radius 1 is 1.50 bits per heavy atom. The Labute approximate surface area is 109 Å². The lowest BCUT2D eigenvalue weighted by molar-refractivity contribution is 0.0465. The maximum atomic E-state index is 9.28. The van der Waals surface area contributed by atoms with Crippen LogP contribution in [0.1, 0.15) is 37.9 Å². The Hall–Kier alpha value is -1.13. The van der Waals surface area contributed by atoms with E-state index in [-0.39, 0.29) is 12.1 Å². The summed E-state index contributed by atoms with van der Waals surface area (Å²) in [5.41, 5.74) is 8.01. The van der Waals surface area contributed by atoms with E-state index in [1.54, 1.807) is 0 Å². The van der Waals surface area contributed by atoms with E-state index >= 15 is 0 Å². The van der Waals surface area contributed by atoms with E-state index in [1.807, 2.05) is 12.3 Å². The highest BCUT2D eigenvalue weighted by atomic mass is 16.3. The lowest BCUT2D eigenvalue weighted by atomic mass is 9.82. The third-order valence-corrected chi connectivity index (χ3v) is 3.77. The van der Waals surface area contributed by atoms with Crippen molar-refractivity contribution in [1.29, 1.82) is 0 Å². The molecular formula is C14H23N3O. The molecule has 1 aliphatic carbocycles. The van der Waals surface area contributed by atoms with E-state index < -0.39 is 0 Å². The summed E-state index contributed by atoms with van der Waals surface area (Å²) < 4.78 is 0. The smallest absolute Gasteiger partial charge is 0.0572 e. The maximum absolute atomic E-state index is 9.28. The molecule has 1 fully saturated rings. The molecule has 1 aromatic rings. The number of hydrogen-bond donors (Lipinski definition) is 2. The predicted molar refractivity (Wildman–Crippen MR) is 73.5 cm³/mol. The summed E-state index contributed by atoms with van der Waals surface area (Å²) in [5.74, 6) is 0.613. The number of rotatable bonds is 5. The summed E-state index contributed by atoms with van der Waals surface area (Å²) in [5, 5.41) is 9.28. The second-order valence-electron chi connectivity index (χ2n) is 5.33. The quantitative estimate of drug-likeness (QED) is 0.833. The van der Waals surface area contributed by atoms with Crippen molar-refractivity contribution < 1.29 is 5.11 Å². The molecule has 1 aromatic heterocycles. The minimum Gasteiger partial charge on any atom is -0.393 e. The number of nitrogens with zero attached hydrogens (tertiary/aromatic N) is 2. The maximum Gasteiger partial charge on any atom is 0.0572 e. The molecule has 4 nitrogen and oxygen atoms in total. The molecule has 0 aliphatic heterocycles. The van der Waals surface area contributed by atoms with Crippen LogP contribution in [-0.2, 0) is 0 Å². The topological polar surface area (TPSA) is 62.4 Å². The van der Waals surface area contributed by atoms with E-state index in [9.17, 15) is 5.11 Å². The third-order valence-electron chi connectivity index (χ3n) is 3.77. The molecule has 1 heterocycles. The van der Waals surface area contributed by atoms with Crippen molar-refractivity contribution in [2.75, 3.05) is 18.5 Å². The molecule has 4 heteroatoms. The van der Waals surface area contributed by atoms with Gasteiger partial charge in [-0.05, 0) is 37.3 Å². The lowest BCUT2D eigenvalue weighted by Gasteiger charge is -2.35. The first-order valence-electron chi connectivity index (χ1n) is 6.71. The summed E-state index contributed by atoms with van der Waals surface area (Å²) in [6.07, 6.45) is 4.57. The Bertz CT molecular complexity index is 373. The lowest BCUT2D eigenvalue weighted by Crippen LogP contribution is -2.37. The summed E-state index contributed by atoms with van der Waals surface area (Å²) >= 11 is 0.